The molecule has 0 aromatic carbocycles. The zero-order chi connectivity index (χ0) is 12.3. The van der Waals surface area contributed by atoms with E-state index in [4.69, 9.17) is 0 Å². The summed E-state index contributed by atoms with van der Waals surface area (Å²) in [5.74, 6) is 1.02. The van der Waals surface area contributed by atoms with Crippen molar-refractivity contribution in [1.82, 2.24) is 25.0 Å². The number of aromatic nitrogens is 3. The number of carbonyl (C=O) groups excluding carboxylic acids is 1. The summed E-state index contributed by atoms with van der Waals surface area (Å²) in [6.45, 7) is 7.02. The van der Waals surface area contributed by atoms with Crippen LogP contribution in [0.4, 0.5) is 0 Å². The Labute approximate surface area is 101 Å². The molecule has 1 aliphatic rings. The van der Waals surface area contributed by atoms with Gasteiger partial charge in [-0.1, -0.05) is 0 Å². The van der Waals surface area contributed by atoms with Gasteiger partial charge >= 0.3 is 0 Å². The minimum Gasteiger partial charge on any atom is -0.355 e. The lowest BCUT2D eigenvalue weighted by Gasteiger charge is -2.19. The van der Waals surface area contributed by atoms with Gasteiger partial charge in [0.1, 0.15) is 12.2 Å². The van der Waals surface area contributed by atoms with Gasteiger partial charge in [0.2, 0.25) is 5.91 Å². The zero-order valence-corrected chi connectivity index (χ0v) is 10.4. The van der Waals surface area contributed by atoms with Crippen LogP contribution < -0.4 is 5.32 Å². The highest BCUT2D eigenvalue weighted by Gasteiger charge is 2.17. The van der Waals surface area contributed by atoms with Gasteiger partial charge in [-0.15, -0.1) is 10.2 Å². The normalized spacial score (nSPS) is 18.2. The van der Waals surface area contributed by atoms with E-state index in [0.717, 1.165) is 25.3 Å². The maximum atomic E-state index is 11.4. The molecule has 0 aliphatic carbocycles. The van der Waals surface area contributed by atoms with Crippen LogP contribution in [0, 0.1) is 0 Å². The second-order valence-electron chi connectivity index (χ2n) is 4.66. The number of hydrogen-bond acceptors (Lipinski definition) is 4. The summed E-state index contributed by atoms with van der Waals surface area (Å²) in [5.41, 5.74) is 0. The molecule has 6 nitrogen and oxygen atoms in total. The molecular formula is C11H19N5O. The molecule has 0 saturated carbocycles. The van der Waals surface area contributed by atoms with E-state index in [0.29, 0.717) is 19.1 Å². The average molecular weight is 237 g/mol. The Morgan fingerprint density at radius 1 is 1.53 bits per heavy atom. The van der Waals surface area contributed by atoms with Crippen LogP contribution in [0.1, 0.15) is 32.1 Å². The van der Waals surface area contributed by atoms with Crippen molar-refractivity contribution in [2.45, 2.75) is 32.9 Å². The maximum absolute atomic E-state index is 11.4. The minimum atomic E-state index is 0.0955. The third kappa shape index (κ3) is 3.03. The molecule has 2 heterocycles. The quantitative estimate of drug-likeness (QED) is 0.814. The Hall–Kier alpha value is -1.43. The molecular weight excluding hydrogens is 218 g/mol. The molecule has 1 saturated heterocycles. The highest BCUT2D eigenvalue weighted by atomic mass is 16.2. The predicted octanol–water partition coefficient (Wildman–Crippen LogP) is 0.181. The summed E-state index contributed by atoms with van der Waals surface area (Å²) in [5, 5.41) is 10.9. The van der Waals surface area contributed by atoms with E-state index < -0.39 is 0 Å². The number of hydrogen-bond donors (Lipinski definition) is 1. The molecule has 6 heteroatoms. The summed E-state index contributed by atoms with van der Waals surface area (Å²) in [6.07, 6.45) is 2.74. The highest BCUT2D eigenvalue weighted by molar-refractivity contribution is 5.78. The summed E-state index contributed by atoms with van der Waals surface area (Å²) in [4.78, 5) is 13.6. The third-order valence-corrected chi connectivity index (χ3v) is 2.91. The number of carbonyl (C=O) groups is 1. The van der Waals surface area contributed by atoms with Gasteiger partial charge in [0.05, 0.1) is 13.1 Å². The first-order valence-electron chi connectivity index (χ1n) is 6.04. The third-order valence-electron chi connectivity index (χ3n) is 2.91. The fourth-order valence-electron chi connectivity index (χ4n) is 2.01. The van der Waals surface area contributed by atoms with E-state index >= 15 is 0 Å². The van der Waals surface area contributed by atoms with Gasteiger partial charge in [-0.05, 0) is 20.3 Å². The number of rotatable bonds is 3. The van der Waals surface area contributed by atoms with E-state index in [9.17, 15) is 4.79 Å². The summed E-state index contributed by atoms with van der Waals surface area (Å²) >= 11 is 0. The van der Waals surface area contributed by atoms with Crippen LogP contribution >= 0.6 is 0 Å². The topological polar surface area (TPSA) is 63.1 Å². The predicted molar refractivity (Wildman–Crippen MR) is 63.3 cm³/mol. The van der Waals surface area contributed by atoms with Crippen molar-refractivity contribution in [1.29, 1.82) is 0 Å². The van der Waals surface area contributed by atoms with Gasteiger partial charge in [-0.25, -0.2) is 0 Å². The molecule has 0 spiro atoms. The zero-order valence-electron chi connectivity index (χ0n) is 10.4. The second kappa shape index (κ2) is 5.27. The van der Waals surface area contributed by atoms with Gasteiger partial charge < -0.3 is 9.88 Å². The molecule has 0 bridgehead atoms. The summed E-state index contributed by atoms with van der Waals surface area (Å²) in [6, 6.07) is 0.348. The molecule has 0 unspecified atom stereocenters. The number of amides is 1. The second-order valence-corrected chi connectivity index (χ2v) is 4.66. The maximum Gasteiger partial charge on any atom is 0.234 e. The lowest BCUT2D eigenvalue weighted by atomic mass is 10.3. The van der Waals surface area contributed by atoms with Crippen LogP contribution in [-0.4, -0.2) is 45.2 Å². The number of nitrogens with zero attached hydrogens (tertiary/aromatic N) is 4. The van der Waals surface area contributed by atoms with Crippen molar-refractivity contribution >= 4 is 5.91 Å². The van der Waals surface area contributed by atoms with Gasteiger partial charge in [-0.2, -0.15) is 0 Å². The molecule has 2 rings (SSSR count). The smallest absolute Gasteiger partial charge is 0.234 e. The summed E-state index contributed by atoms with van der Waals surface area (Å²) in [7, 11) is 0. The molecule has 1 amide bonds. The van der Waals surface area contributed by atoms with Gasteiger partial charge in [0, 0.05) is 19.1 Å². The molecule has 94 valence electrons. The minimum absolute atomic E-state index is 0.0955. The van der Waals surface area contributed by atoms with Crippen LogP contribution in [-0.2, 0) is 11.3 Å². The van der Waals surface area contributed by atoms with Crippen LogP contribution in [0.25, 0.3) is 0 Å². The Morgan fingerprint density at radius 2 is 2.35 bits per heavy atom. The van der Waals surface area contributed by atoms with Crippen molar-refractivity contribution < 1.29 is 4.79 Å². The summed E-state index contributed by atoms with van der Waals surface area (Å²) < 4.78 is 2.04. The van der Waals surface area contributed by atoms with E-state index in [2.05, 4.69) is 34.3 Å². The van der Waals surface area contributed by atoms with Crippen molar-refractivity contribution in [2.24, 2.45) is 0 Å². The monoisotopic (exact) mass is 237 g/mol. The molecule has 1 fully saturated rings. The molecule has 1 aromatic rings. The van der Waals surface area contributed by atoms with Gasteiger partial charge in [0.15, 0.2) is 0 Å². The van der Waals surface area contributed by atoms with E-state index in [-0.39, 0.29) is 5.91 Å². The van der Waals surface area contributed by atoms with E-state index in [1.165, 1.54) is 0 Å². The molecule has 17 heavy (non-hydrogen) atoms. The van der Waals surface area contributed by atoms with Crippen LogP contribution in [0.15, 0.2) is 6.33 Å². The first-order chi connectivity index (χ1) is 8.16. The molecule has 1 N–H and O–H groups in total. The van der Waals surface area contributed by atoms with Crippen molar-refractivity contribution in [2.75, 3.05) is 19.6 Å². The lowest BCUT2D eigenvalue weighted by molar-refractivity contribution is -0.121. The Kier molecular flexibility index (Phi) is 3.73. The molecule has 1 aliphatic heterocycles. The largest absolute Gasteiger partial charge is 0.355 e. The van der Waals surface area contributed by atoms with Crippen molar-refractivity contribution in [3.05, 3.63) is 12.2 Å². The van der Waals surface area contributed by atoms with Crippen LogP contribution in [0.2, 0.25) is 0 Å². The lowest BCUT2D eigenvalue weighted by Crippen LogP contribution is -2.33. The highest BCUT2D eigenvalue weighted by Crippen LogP contribution is 2.09. The standard InChI is InChI=1S/C11H19N5O/c1-9(2)16-8-13-14-10(16)6-15-5-3-4-12-11(17)7-15/h8-9H,3-7H2,1-2H3,(H,12,17). The SMILES string of the molecule is CC(C)n1cnnc1CN1CCCNC(=O)C1. The van der Waals surface area contributed by atoms with Crippen molar-refractivity contribution in [3.8, 4) is 0 Å². The fourth-order valence-corrected chi connectivity index (χ4v) is 2.01. The van der Waals surface area contributed by atoms with Crippen LogP contribution in [0.3, 0.4) is 0 Å². The Morgan fingerprint density at radius 3 is 3.12 bits per heavy atom. The van der Waals surface area contributed by atoms with Gasteiger partial charge in [0.25, 0.3) is 0 Å². The first-order valence-corrected chi connectivity index (χ1v) is 6.04. The van der Waals surface area contributed by atoms with Crippen LogP contribution in [0.5, 0.6) is 0 Å². The fraction of sp³-hybridized carbons (Fsp3) is 0.727. The molecule has 0 atom stereocenters. The first kappa shape index (κ1) is 12.0. The average Bonchev–Trinajstić information content (AvgIpc) is 2.62. The molecule has 1 aromatic heterocycles. The number of nitrogens with one attached hydrogen (secondary N) is 1. The van der Waals surface area contributed by atoms with Crippen molar-refractivity contribution in [3.63, 3.8) is 0 Å². The Bertz CT molecular complexity index is 387. The van der Waals surface area contributed by atoms with E-state index in [1.54, 1.807) is 6.33 Å². The Balaban J connectivity index is 2.03. The molecule has 0 radical (unpaired) electrons. The van der Waals surface area contributed by atoms with Gasteiger partial charge in [-0.3, -0.25) is 9.69 Å². The van der Waals surface area contributed by atoms with E-state index in [1.807, 2.05) is 4.57 Å².